The Hall–Kier alpha value is -1.82. The van der Waals surface area contributed by atoms with Crippen molar-refractivity contribution in [2.75, 3.05) is 0 Å². The van der Waals surface area contributed by atoms with E-state index in [1.807, 2.05) is 0 Å². The van der Waals surface area contributed by atoms with Gasteiger partial charge in [0.2, 0.25) is 0 Å². The largest absolute Gasteiger partial charge is 0.349 e. The number of fused-ring (bicyclic) bond motifs is 1. The lowest BCUT2D eigenvalue weighted by Gasteiger charge is -2.39. The summed E-state index contributed by atoms with van der Waals surface area (Å²) in [6, 6.07) is 9.28. The molecule has 3 heteroatoms. The van der Waals surface area contributed by atoms with Crippen LogP contribution in [0.2, 0.25) is 0 Å². The van der Waals surface area contributed by atoms with Gasteiger partial charge in [-0.25, -0.2) is 0 Å². The summed E-state index contributed by atoms with van der Waals surface area (Å²) >= 11 is 0. The molecule has 0 unspecified atom stereocenters. The molecule has 0 heterocycles. The van der Waals surface area contributed by atoms with Crippen LogP contribution in [0, 0.1) is 23.2 Å². The first-order valence-electron chi connectivity index (χ1n) is 8.07. The Balaban J connectivity index is 1.58. The standard InChI is InChI=1S/C18H22N2O/c19-12-13-5-7-15(8-6-13)18(21)20-17-10-9-14-3-1-2-4-16(14)11-17/h5-8,14,16-17H,1-4,9-11H2,(H,20,21)/t14-,16+,17+/m0/s1. The number of nitrogens with zero attached hydrogens (tertiary/aromatic N) is 1. The van der Waals surface area contributed by atoms with Crippen LogP contribution < -0.4 is 5.32 Å². The van der Waals surface area contributed by atoms with Crippen molar-refractivity contribution in [1.29, 1.82) is 5.26 Å². The van der Waals surface area contributed by atoms with Gasteiger partial charge in [0.25, 0.3) is 5.91 Å². The summed E-state index contributed by atoms with van der Waals surface area (Å²) in [4.78, 5) is 12.3. The minimum absolute atomic E-state index is 0.00116. The van der Waals surface area contributed by atoms with Gasteiger partial charge in [0.15, 0.2) is 0 Å². The zero-order valence-corrected chi connectivity index (χ0v) is 12.3. The van der Waals surface area contributed by atoms with Crippen molar-refractivity contribution in [2.24, 2.45) is 11.8 Å². The van der Waals surface area contributed by atoms with E-state index in [2.05, 4.69) is 11.4 Å². The van der Waals surface area contributed by atoms with E-state index in [1.54, 1.807) is 24.3 Å². The molecule has 110 valence electrons. The van der Waals surface area contributed by atoms with Gasteiger partial charge in [0.1, 0.15) is 0 Å². The van der Waals surface area contributed by atoms with Crippen molar-refractivity contribution in [3.05, 3.63) is 35.4 Å². The summed E-state index contributed by atoms with van der Waals surface area (Å²) < 4.78 is 0. The number of amides is 1. The third-order valence-corrected chi connectivity index (χ3v) is 5.15. The number of rotatable bonds is 2. The van der Waals surface area contributed by atoms with Crippen LogP contribution in [-0.4, -0.2) is 11.9 Å². The van der Waals surface area contributed by atoms with Crippen LogP contribution in [0.3, 0.4) is 0 Å². The van der Waals surface area contributed by atoms with Gasteiger partial charge in [-0.1, -0.05) is 25.7 Å². The fourth-order valence-electron chi connectivity index (χ4n) is 3.97. The van der Waals surface area contributed by atoms with Gasteiger partial charge in [0.05, 0.1) is 11.6 Å². The van der Waals surface area contributed by atoms with E-state index in [9.17, 15) is 4.79 Å². The number of carbonyl (C=O) groups excluding carboxylic acids is 1. The van der Waals surface area contributed by atoms with Crippen LogP contribution in [0.5, 0.6) is 0 Å². The van der Waals surface area contributed by atoms with Crippen molar-refractivity contribution in [2.45, 2.75) is 51.0 Å². The Labute approximate surface area is 126 Å². The topological polar surface area (TPSA) is 52.9 Å². The molecule has 1 amide bonds. The third-order valence-electron chi connectivity index (χ3n) is 5.15. The van der Waals surface area contributed by atoms with E-state index in [4.69, 9.17) is 5.26 Å². The molecule has 0 aliphatic heterocycles. The average Bonchev–Trinajstić information content (AvgIpc) is 2.55. The predicted octanol–water partition coefficient (Wildman–Crippen LogP) is 3.65. The maximum Gasteiger partial charge on any atom is 0.251 e. The highest BCUT2D eigenvalue weighted by Gasteiger charge is 2.32. The van der Waals surface area contributed by atoms with Crippen molar-refractivity contribution < 1.29 is 4.79 Å². The molecule has 2 saturated carbocycles. The van der Waals surface area contributed by atoms with E-state index in [-0.39, 0.29) is 5.91 Å². The summed E-state index contributed by atoms with van der Waals surface area (Å²) in [5, 5.41) is 12.0. The Morgan fingerprint density at radius 1 is 1.05 bits per heavy atom. The average molecular weight is 282 g/mol. The van der Waals surface area contributed by atoms with Gasteiger partial charge >= 0.3 is 0 Å². The van der Waals surface area contributed by atoms with Gasteiger partial charge in [0, 0.05) is 11.6 Å². The van der Waals surface area contributed by atoms with Crippen molar-refractivity contribution in [3.8, 4) is 6.07 Å². The van der Waals surface area contributed by atoms with E-state index in [1.165, 1.54) is 32.1 Å². The highest BCUT2D eigenvalue weighted by Crippen LogP contribution is 2.40. The Morgan fingerprint density at radius 2 is 1.76 bits per heavy atom. The van der Waals surface area contributed by atoms with E-state index < -0.39 is 0 Å². The maximum atomic E-state index is 12.3. The predicted molar refractivity (Wildman–Crippen MR) is 81.7 cm³/mol. The van der Waals surface area contributed by atoms with Crippen LogP contribution in [0.1, 0.15) is 60.9 Å². The SMILES string of the molecule is N#Cc1ccc(C(=O)N[C@@H]2CC[C@@H]3CCCC[C@@H]3C2)cc1. The molecule has 0 radical (unpaired) electrons. The van der Waals surface area contributed by atoms with Crippen molar-refractivity contribution >= 4 is 5.91 Å². The summed E-state index contributed by atoms with van der Waals surface area (Å²) in [5.41, 5.74) is 1.24. The zero-order chi connectivity index (χ0) is 14.7. The number of nitrogens with one attached hydrogen (secondary N) is 1. The normalized spacial score (nSPS) is 28.2. The van der Waals surface area contributed by atoms with Crippen molar-refractivity contribution in [3.63, 3.8) is 0 Å². The van der Waals surface area contributed by atoms with Crippen LogP contribution in [0.4, 0.5) is 0 Å². The monoisotopic (exact) mass is 282 g/mol. The molecule has 0 saturated heterocycles. The molecule has 0 spiro atoms. The van der Waals surface area contributed by atoms with E-state index >= 15 is 0 Å². The van der Waals surface area contributed by atoms with Gasteiger partial charge in [-0.15, -0.1) is 0 Å². The lowest BCUT2D eigenvalue weighted by molar-refractivity contribution is 0.0879. The Morgan fingerprint density at radius 3 is 2.48 bits per heavy atom. The van der Waals surface area contributed by atoms with Crippen LogP contribution >= 0.6 is 0 Å². The molecule has 1 aromatic rings. The van der Waals surface area contributed by atoms with Crippen LogP contribution in [0.25, 0.3) is 0 Å². The first kappa shape index (κ1) is 14.1. The van der Waals surface area contributed by atoms with Gasteiger partial charge in [-0.05, 0) is 55.4 Å². The second-order valence-corrected chi connectivity index (χ2v) is 6.48. The highest BCUT2D eigenvalue weighted by atomic mass is 16.1. The summed E-state index contributed by atoms with van der Waals surface area (Å²) in [6.45, 7) is 0. The minimum atomic E-state index is -0.00116. The molecule has 3 atom stereocenters. The Kier molecular flexibility index (Phi) is 4.24. The lowest BCUT2D eigenvalue weighted by Crippen LogP contribution is -2.41. The van der Waals surface area contributed by atoms with Crippen LogP contribution in [-0.2, 0) is 0 Å². The van der Waals surface area contributed by atoms with Gasteiger partial charge in [-0.3, -0.25) is 4.79 Å². The number of hydrogen-bond donors (Lipinski definition) is 1. The molecule has 0 bridgehead atoms. The highest BCUT2D eigenvalue weighted by molar-refractivity contribution is 5.94. The summed E-state index contributed by atoms with van der Waals surface area (Å²) in [7, 11) is 0. The van der Waals surface area contributed by atoms with E-state index in [0.717, 1.165) is 24.7 Å². The number of nitriles is 1. The molecule has 2 fully saturated rings. The second kappa shape index (κ2) is 6.30. The molecule has 0 aromatic heterocycles. The van der Waals surface area contributed by atoms with E-state index in [0.29, 0.717) is 17.2 Å². The number of carbonyl (C=O) groups is 1. The summed E-state index contributed by atoms with van der Waals surface area (Å²) in [6.07, 6.45) is 9.01. The molecule has 2 aliphatic rings. The minimum Gasteiger partial charge on any atom is -0.349 e. The molecule has 1 N–H and O–H groups in total. The first-order valence-corrected chi connectivity index (χ1v) is 8.07. The lowest BCUT2D eigenvalue weighted by atomic mass is 9.69. The molecule has 1 aromatic carbocycles. The van der Waals surface area contributed by atoms with Gasteiger partial charge < -0.3 is 5.32 Å². The maximum absolute atomic E-state index is 12.3. The fourth-order valence-corrected chi connectivity index (χ4v) is 3.97. The molecular weight excluding hydrogens is 260 g/mol. The third kappa shape index (κ3) is 3.26. The molecule has 3 rings (SSSR count). The number of benzene rings is 1. The molecular formula is C18H22N2O. The first-order chi connectivity index (χ1) is 10.3. The number of hydrogen-bond acceptors (Lipinski definition) is 2. The fraction of sp³-hybridized carbons (Fsp3) is 0.556. The Bertz CT molecular complexity index is 543. The quantitative estimate of drug-likeness (QED) is 0.900. The molecule has 3 nitrogen and oxygen atoms in total. The van der Waals surface area contributed by atoms with Crippen molar-refractivity contribution in [1.82, 2.24) is 5.32 Å². The smallest absolute Gasteiger partial charge is 0.251 e. The van der Waals surface area contributed by atoms with Gasteiger partial charge in [-0.2, -0.15) is 5.26 Å². The molecule has 21 heavy (non-hydrogen) atoms. The zero-order valence-electron chi connectivity index (χ0n) is 12.3. The molecule has 2 aliphatic carbocycles. The second-order valence-electron chi connectivity index (χ2n) is 6.48. The summed E-state index contributed by atoms with van der Waals surface area (Å²) in [5.74, 6) is 1.72. The van der Waals surface area contributed by atoms with Crippen LogP contribution in [0.15, 0.2) is 24.3 Å².